The zero-order chi connectivity index (χ0) is 24.5. The molecule has 0 aliphatic carbocycles. The van der Waals surface area contributed by atoms with Crippen LogP contribution >= 0.6 is 0 Å². The summed E-state index contributed by atoms with van der Waals surface area (Å²) in [6.45, 7) is 11.6. The molecule has 0 radical (unpaired) electrons. The first-order valence-corrected chi connectivity index (χ1v) is 12.3. The lowest BCUT2D eigenvalue weighted by atomic mass is 9.97. The van der Waals surface area contributed by atoms with Crippen LogP contribution in [0.1, 0.15) is 54.3 Å². The Morgan fingerprint density at radius 1 is 1.03 bits per heavy atom. The number of anilines is 2. The molecule has 7 nitrogen and oxygen atoms in total. The first-order valence-electron chi connectivity index (χ1n) is 12.3. The maximum Gasteiger partial charge on any atom is 0.259 e. The Morgan fingerprint density at radius 3 is 2.41 bits per heavy atom. The Hall–Kier alpha value is -3.06. The van der Waals surface area contributed by atoms with Gasteiger partial charge in [0.2, 0.25) is 0 Å². The maximum atomic E-state index is 13.3. The van der Waals surface area contributed by atoms with E-state index in [2.05, 4.69) is 41.2 Å². The van der Waals surface area contributed by atoms with E-state index in [0.717, 1.165) is 51.3 Å². The molecule has 0 aromatic heterocycles. The van der Waals surface area contributed by atoms with Crippen LogP contribution in [0.5, 0.6) is 5.75 Å². The molecule has 1 aliphatic rings. The van der Waals surface area contributed by atoms with Crippen LogP contribution in [0, 0.1) is 5.92 Å². The van der Waals surface area contributed by atoms with Gasteiger partial charge in [0, 0.05) is 37.6 Å². The first-order chi connectivity index (χ1) is 16.5. The molecule has 184 valence electrons. The van der Waals surface area contributed by atoms with Gasteiger partial charge < -0.3 is 25.2 Å². The highest BCUT2D eigenvalue weighted by atomic mass is 16.5. The van der Waals surface area contributed by atoms with Crippen molar-refractivity contribution in [1.29, 1.82) is 0 Å². The summed E-state index contributed by atoms with van der Waals surface area (Å²) in [4.78, 5) is 30.7. The second-order valence-corrected chi connectivity index (χ2v) is 8.84. The molecule has 2 amide bonds. The summed E-state index contributed by atoms with van der Waals surface area (Å²) in [6.07, 6.45) is 2.21. The number of piperidine rings is 1. The van der Waals surface area contributed by atoms with Crippen LogP contribution in [-0.2, 0) is 0 Å². The van der Waals surface area contributed by atoms with Gasteiger partial charge in [0.1, 0.15) is 5.75 Å². The van der Waals surface area contributed by atoms with E-state index >= 15 is 0 Å². The van der Waals surface area contributed by atoms with Gasteiger partial charge in [-0.25, -0.2) is 0 Å². The number of para-hydroxylation sites is 1. The lowest BCUT2D eigenvalue weighted by Gasteiger charge is -2.33. The van der Waals surface area contributed by atoms with Crippen molar-refractivity contribution in [1.82, 2.24) is 10.2 Å². The Labute approximate surface area is 203 Å². The highest BCUT2D eigenvalue weighted by Crippen LogP contribution is 2.29. The summed E-state index contributed by atoms with van der Waals surface area (Å²) in [6, 6.07) is 12.7. The Kier molecular flexibility index (Phi) is 9.33. The van der Waals surface area contributed by atoms with E-state index in [1.165, 1.54) is 0 Å². The number of hydrogen-bond acceptors (Lipinski definition) is 5. The van der Waals surface area contributed by atoms with E-state index in [1.54, 1.807) is 31.4 Å². The van der Waals surface area contributed by atoms with Crippen LogP contribution in [0.25, 0.3) is 0 Å². The SMILES string of the molecule is CCN(CC)CCNC(=O)c1cc(NC(=O)c2ccccc2OC)ccc1N1CCC(C)CC1. The molecule has 2 aromatic carbocycles. The van der Waals surface area contributed by atoms with E-state index in [4.69, 9.17) is 4.74 Å². The molecule has 0 spiro atoms. The van der Waals surface area contributed by atoms with Gasteiger partial charge >= 0.3 is 0 Å². The number of nitrogens with one attached hydrogen (secondary N) is 2. The Morgan fingerprint density at radius 2 is 1.74 bits per heavy atom. The molecule has 0 bridgehead atoms. The molecule has 1 fully saturated rings. The van der Waals surface area contributed by atoms with Crippen LogP contribution in [0.3, 0.4) is 0 Å². The lowest BCUT2D eigenvalue weighted by Crippen LogP contribution is -2.37. The van der Waals surface area contributed by atoms with Crippen LogP contribution < -0.4 is 20.3 Å². The molecule has 2 aromatic rings. The van der Waals surface area contributed by atoms with Crippen molar-refractivity contribution in [3.05, 3.63) is 53.6 Å². The molecule has 34 heavy (non-hydrogen) atoms. The summed E-state index contributed by atoms with van der Waals surface area (Å²) < 4.78 is 5.32. The van der Waals surface area contributed by atoms with Crippen LogP contribution in [-0.4, -0.2) is 63.1 Å². The number of hydrogen-bond donors (Lipinski definition) is 2. The summed E-state index contributed by atoms with van der Waals surface area (Å²) in [5.41, 5.74) is 2.54. The molecular weight excluding hydrogens is 428 g/mol. The fraction of sp³-hybridized carbons (Fsp3) is 0.481. The lowest BCUT2D eigenvalue weighted by molar-refractivity contribution is 0.0948. The summed E-state index contributed by atoms with van der Waals surface area (Å²) >= 11 is 0. The monoisotopic (exact) mass is 466 g/mol. The highest BCUT2D eigenvalue weighted by Gasteiger charge is 2.22. The molecule has 3 rings (SSSR count). The van der Waals surface area contributed by atoms with Crippen molar-refractivity contribution in [2.24, 2.45) is 5.92 Å². The molecule has 1 heterocycles. The quantitative estimate of drug-likeness (QED) is 0.548. The van der Waals surface area contributed by atoms with Gasteiger partial charge in [0.25, 0.3) is 11.8 Å². The van der Waals surface area contributed by atoms with Gasteiger partial charge in [0.05, 0.1) is 18.2 Å². The number of benzene rings is 2. The number of carbonyl (C=O) groups is 2. The third kappa shape index (κ3) is 6.50. The number of likely N-dealkylation sites (N-methyl/N-ethyl adjacent to an activating group) is 1. The molecule has 0 saturated carbocycles. The fourth-order valence-corrected chi connectivity index (χ4v) is 4.31. The average molecular weight is 467 g/mol. The zero-order valence-corrected chi connectivity index (χ0v) is 20.9. The molecule has 1 saturated heterocycles. The summed E-state index contributed by atoms with van der Waals surface area (Å²) in [7, 11) is 1.54. The molecule has 1 aliphatic heterocycles. The third-order valence-corrected chi connectivity index (χ3v) is 6.58. The molecule has 7 heteroatoms. The smallest absolute Gasteiger partial charge is 0.259 e. The van der Waals surface area contributed by atoms with Crippen molar-refractivity contribution in [2.45, 2.75) is 33.6 Å². The number of ether oxygens (including phenoxy) is 1. The van der Waals surface area contributed by atoms with Crippen molar-refractivity contribution in [2.75, 3.05) is 56.6 Å². The number of amides is 2. The Balaban J connectivity index is 1.82. The second kappa shape index (κ2) is 12.4. The van der Waals surface area contributed by atoms with Crippen LogP contribution in [0.2, 0.25) is 0 Å². The van der Waals surface area contributed by atoms with Gasteiger partial charge in [-0.05, 0) is 62.2 Å². The van der Waals surface area contributed by atoms with Crippen LogP contribution in [0.15, 0.2) is 42.5 Å². The van der Waals surface area contributed by atoms with E-state index in [1.807, 2.05) is 18.2 Å². The largest absolute Gasteiger partial charge is 0.496 e. The van der Waals surface area contributed by atoms with E-state index in [9.17, 15) is 9.59 Å². The van der Waals surface area contributed by atoms with Gasteiger partial charge in [-0.1, -0.05) is 32.9 Å². The molecular formula is C27H38N4O3. The minimum absolute atomic E-state index is 0.117. The first kappa shape index (κ1) is 25.6. The highest BCUT2D eigenvalue weighted by molar-refractivity contribution is 6.07. The fourth-order valence-electron chi connectivity index (χ4n) is 4.31. The maximum absolute atomic E-state index is 13.3. The third-order valence-electron chi connectivity index (χ3n) is 6.58. The van der Waals surface area contributed by atoms with Crippen molar-refractivity contribution >= 4 is 23.2 Å². The number of rotatable bonds is 10. The topological polar surface area (TPSA) is 73.9 Å². The molecule has 0 atom stereocenters. The van der Waals surface area contributed by atoms with Gasteiger partial charge in [-0.15, -0.1) is 0 Å². The van der Waals surface area contributed by atoms with Gasteiger partial charge in [0.15, 0.2) is 0 Å². The number of nitrogens with zero attached hydrogens (tertiary/aromatic N) is 2. The van der Waals surface area contributed by atoms with E-state index in [0.29, 0.717) is 35.0 Å². The summed E-state index contributed by atoms with van der Waals surface area (Å²) in [5.74, 6) is 0.814. The van der Waals surface area contributed by atoms with Crippen molar-refractivity contribution in [3.63, 3.8) is 0 Å². The minimum atomic E-state index is -0.273. The van der Waals surface area contributed by atoms with Gasteiger partial charge in [-0.3, -0.25) is 9.59 Å². The predicted octanol–water partition coefficient (Wildman–Crippen LogP) is 4.26. The normalized spacial score (nSPS) is 14.2. The molecule has 2 N–H and O–H groups in total. The van der Waals surface area contributed by atoms with Crippen molar-refractivity contribution in [3.8, 4) is 5.75 Å². The van der Waals surface area contributed by atoms with Crippen molar-refractivity contribution < 1.29 is 14.3 Å². The minimum Gasteiger partial charge on any atom is -0.496 e. The van der Waals surface area contributed by atoms with Crippen LogP contribution in [0.4, 0.5) is 11.4 Å². The average Bonchev–Trinajstić information content (AvgIpc) is 2.87. The Bertz CT molecular complexity index is 966. The standard InChI is InChI=1S/C27H38N4O3/c1-5-30(6-2)18-15-28-26(32)23-19-21(11-12-24(23)31-16-13-20(3)14-17-31)29-27(33)22-9-7-8-10-25(22)34-4/h7-12,19-20H,5-6,13-18H2,1-4H3,(H,28,32)(H,29,33). The van der Waals surface area contributed by atoms with Gasteiger partial charge in [-0.2, -0.15) is 0 Å². The predicted molar refractivity (Wildman–Crippen MR) is 138 cm³/mol. The number of methoxy groups -OCH3 is 1. The van der Waals surface area contributed by atoms with E-state index in [-0.39, 0.29) is 11.8 Å². The molecule has 0 unspecified atom stereocenters. The van der Waals surface area contributed by atoms with E-state index < -0.39 is 0 Å². The zero-order valence-electron chi connectivity index (χ0n) is 20.9. The second-order valence-electron chi connectivity index (χ2n) is 8.84. The summed E-state index contributed by atoms with van der Waals surface area (Å²) in [5, 5.41) is 6.01. The number of carbonyl (C=O) groups excluding carboxylic acids is 2.